The number of carbonyl (C=O) groups excluding carboxylic acids is 1. The van der Waals surface area contributed by atoms with Crippen molar-refractivity contribution in [3.8, 4) is 0 Å². The van der Waals surface area contributed by atoms with Gasteiger partial charge in [-0.15, -0.1) is 35.3 Å². The van der Waals surface area contributed by atoms with Crippen molar-refractivity contribution in [2.75, 3.05) is 50.7 Å². The lowest BCUT2D eigenvalue weighted by Gasteiger charge is -2.35. The molecule has 0 radical (unpaired) electrons. The second kappa shape index (κ2) is 10.7. The van der Waals surface area contributed by atoms with Crippen LogP contribution >= 0.6 is 35.3 Å². The Kier molecular flexibility index (Phi) is 9.34. The van der Waals surface area contributed by atoms with E-state index < -0.39 is 0 Å². The number of aromatic nitrogens is 1. The molecule has 0 atom stereocenters. The topological polar surface area (TPSA) is 78.1 Å². The van der Waals surface area contributed by atoms with Crippen molar-refractivity contribution in [2.45, 2.75) is 20.3 Å². The molecule has 0 unspecified atom stereocenters. The van der Waals surface area contributed by atoms with Crippen molar-refractivity contribution in [1.82, 2.24) is 14.8 Å². The maximum atomic E-state index is 11.9. The predicted molar refractivity (Wildman–Crippen MR) is 110 cm³/mol. The van der Waals surface area contributed by atoms with Gasteiger partial charge in [-0.05, 0) is 13.8 Å². The fourth-order valence-corrected chi connectivity index (χ4v) is 3.30. The molecule has 0 aliphatic carbocycles. The highest BCUT2D eigenvalue weighted by molar-refractivity contribution is 14.0. The number of thiazole rings is 1. The Hall–Kier alpha value is -1.10. The number of aliphatic imine (C=N–C) groups is 1. The highest BCUT2D eigenvalue weighted by Gasteiger charge is 2.19. The first-order chi connectivity index (χ1) is 11.2. The van der Waals surface area contributed by atoms with Crippen molar-refractivity contribution in [3.05, 3.63) is 11.6 Å². The van der Waals surface area contributed by atoms with Crippen LogP contribution in [0.5, 0.6) is 0 Å². The summed E-state index contributed by atoms with van der Waals surface area (Å²) in [6.45, 7) is 9.36. The summed E-state index contributed by atoms with van der Waals surface area (Å²) < 4.78 is 0. The molecule has 1 saturated heterocycles. The Bertz CT molecular complexity index is 512. The Balaban J connectivity index is 0.00000288. The van der Waals surface area contributed by atoms with E-state index >= 15 is 0 Å². The number of hydrogen-bond donors (Lipinski definition) is 1. The normalized spacial score (nSPS) is 15.2. The van der Waals surface area contributed by atoms with Gasteiger partial charge in [0.15, 0.2) is 11.1 Å². The van der Waals surface area contributed by atoms with Crippen LogP contribution in [-0.2, 0) is 4.79 Å². The molecule has 7 nitrogen and oxygen atoms in total. The van der Waals surface area contributed by atoms with Crippen LogP contribution in [0.1, 0.15) is 20.3 Å². The number of guanidine groups is 1. The third-order valence-corrected chi connectivity index (χ3v) is 4.84. The SMILES string of the molecule is CCN(CC)C(=O)CCN=C(N)N1CCN(c2nccs2)CC1.I. The van der Waals surface area contributed by atoms with E-state index in [0.29, 0.717) is 18.9 Å². The van der Waals surface area contributed by atoms with Gasteiger partial charge in [0.1, 0.15) is 0 Å². The third kappa shape index (κ3) is 5.76. The van der Waals surface area contributed by atoms with Gasteiger partial charge in [0, 0.05) is 57.3 Å². The molecule has 1 fully saturated rings. The van der Waals surface area contributed by atoms with Crippen molar-refractivity contribution < 1.29 is 4.79 Å². The van der Waals surface area contributed by atoms with Crippen LogP contribution in [-0.4, -0.2) is 72.5 Å². The summed E-state index contributed by atoms with van der Waals surface area (Å²) in [6.07, 6.45) is 2.25. The molecular formula is C15H27IN6OS. The summed E-state index contributed by atoms with van der Waals surface area (Å²) in [5.74, 6) is 0.677. The zero-order chi connectivity index (χ0) is 16.7. The van der Waals surface area contributed by atoms with Crippen molar-refractivity contribution in [2.24, 2.45) is 10.7 Å². The van der Waals surface area contributed by atoms with E-state index in [1.807, 2.05) is 30.3 Å². The number of rotatable bonds is 6. The number of carbonyl (C=O) groups is 1. The molecule has 0 saturated carbocycles. The second-order valence-electron chi connectivity index (χ2n) is 5.34. The number of hydrogen-bond acceptors (Lipinski definition) is 5. The molecule has 1 aliphatic heterocycles. The van der Waals surface area contributed by atoms with Crippen LogP contribution in [0.2, 0.25) is 0 Å². The highest BCUT2D eigenvalue weighted by Crippen LogP contribution is 2.18. The molecule has 136 valence electrons. The van der Waals surface area contributed by atoms with Crippen LogP contribution in [0.15, 0.2) is 16.6 Å². The minimum absolute atomic E-state index is 0. The number of piperazine rings is 1. The van der Waals surface area contributed by atoms with Gasteiger partial charge < -0.3 is 20.4 Å². The molecule has 1 aromatic rings. The summed E-state index contributed by atoms with van der Waals surface area (Å²) in [7, 11) is 0. The van der Waals surface area contributed by atoms with Crippen LogP contribution in [0, 0.1) is 0 Å². The number of anilines is 1. The number of nitrogens with two attached hydrogens (primary N) is 1. The lowest BCUT2D eigenvalue weighted by atomic mass is 10.3. The molecule has 24 heavy (non-hydrogen) atoms. The molecule has 9 heteroatoms. The standard InChI is InChI=1S/C15H26N6OS.HI/c1-3-19(4-2)13(22)5-6-17-14(16)20-8-10-21(11-9-20)15-18-7-12-23-15;/h7,12H,3-6,8-11H2,1-2H3,(H2,16,17);1H. The number of amides is 1. The monoisotopic (exact) mass is 466 g/mol. The second-order valence-corrected chi connectivity index (χ2v) is 6.22. The molecule has 0 aromatic carbocycles. The first kappa shape index (κ1) is 20.9. The largest absolute Gasteiger partial charge is 0.370 e. The number of halogens is 1. The van der Waals surface area contributed by atoms with E-state index in [2.05, 4.69) is 19.8 Å². The molecule has 1 aromatic heterocycles. The fourth-order valence-electron chi connectivity index (χ4n) is 2.60. The smallest absolute Gasteiger partial charge is 0.224 e. The Labute approximate surface area is 164 Å². The summed E-state index contributed by atoms with van der Waals surface area (Å²) in [5, 5.41) is 3.05. The van der Waals surface area contributed by atoms with Crippen LogP contribution in [0.4, 0.5) is 5.13 Å². The molecule has 2 N–H and O–H groups in total. The quantitative estimate of drug-likeness (QED) is 0.390. The van der Waals surface area contributed by atoms with E-state index in [4.69, 9.17) is 5.73 Å². The molecule has 0 spiro atoms. The van der Waals surface area contributed by atoms with E-state index in [9.17, 15) is 4.79 Å². The minimum atomic E-state index is 0. The maximum Gasteiger partial charge on any atom is 0.224 e. The Morgan fingerprint density at radius 3 is 2.54 bits per heavy atom. The van der Waals surface area contributed by atoms with Crippen LogP contribution in [0.3, 0.4) is 0 Å². The molecule has 1 aliphatic rings. The average Bonchev–Trinajstić information content (AvgIpc) is 3.10. The molecule has 1 amide bonds. The van der Waals surface area contributed by atoms with Crippen LogP contribution in [0.25, 0.3) is 0 Å². The Morgan fingerprint density at radius 2 is 2.00 bits per heavy atom. The minimum Gasteiger partial charge on any atom is -0.370 e. The lowest BCUT2D eigenvalue weighted by Crippen LogP contribution is -2.51. The highest BCUT2D eigenvalue weighted by atomic mass is 127. The summed E-state index contributed by atoms with van der Waals surface area (Å²) in [4.78, 5) is 26.8. The van der Waals surface area contributed by atoms with E-state index in [1.54, 1.807) is 11.3 Å². The van der Waals surface area contributed by atoms with E-state index in [-0.39, 0.29) is 29.9 Å². The van der Waals surface area contributed by atoms with Gasteiger partial charge >= 0.3 is 0 Å². The van der Waals surface area contributed by atoms with E-state index in [1.165, 1.54) is 0 Å². The van der Waals surface area contributed by atoms with Crippen LogP contribution < -0.4 is 10.6 Å². The van der Waals surface area contributed by atoms with Crippen molar-refractivity contribution in [1.29, 1.82) is 0 Å². The summed E-state index contributed by atoms with van der Waals surface area (Å²) in [5.41, 5.74) is 6.06. The van der Waals surface area contributed by atoms with Gasteiger partial charge in [0.2, 0.25) is 5.91 Å². The summed E-state index contributed by atoms with van der Waals surface area (Å²) >= 11 is 1.66. The van der Waals surface area contributed by atoms with Gasteiger partial charge in [-0.25, -0.2) is 4.98 Å². The van der Waals surface area contributed by atoms with Gasteiger partial charge in [-0.3, -0.25) is 9.79 Å². The first-order valence-electron chi connectivity index (χ1n) is 8.12. The molecule has 0 bridgehead atoms. The van der Waals surface area contributed by atoms with Gasteiger partial charge in [0.05, 0.1) is 6.54 Å². The zero-order valence-corrected chi connectivity index (χ0v) is 17.5. The molecular weight excluding hydrogens is 439 g/mol. The fraction of sp³-hybridized carbons (Fsp3) is 0.667. The average molecular weight is 466 g/mol. The first-order valence-corrected chi connectivity index (χ1v) is 9.00. The predicted octanol–water partition coefficient (Wildman–Crippen LogP) is 1.46. The molecule has 2 rings (SSSR count). The Morgan fingerprint density at radius 1 is 1.33 bits per heavy atom. The zero-order valence-electron chi connectivity index (χ0n) is 14.3. The third-order valence-electron chi connectivity index (χ3n) is 4.01. The maximum absolute atomic E-state index is 11.9. The summed E-state index contributed by atoms with van der Waals surface area (Å²) in [6, 6.07) is 0. The van der Waals surface area contributed by atoms with E-state index in [0.717, 1.165) is 44.4 Å². The van der Waals surface area contributed by atoms with Crippen molar-refractivity contribution in [3.63, 3.8) is 0 Å². The van der Waals surface area contributed by atoms with Gasteiger partial charge in [-0.1, -0.05) is 0 Å². The lowest BCUT2D eigenvalue weighted by molar-refractivity contribution is -0.130. The molecule has 2 heterocycles. The van der Waals surface area contributed by atoms with Gasteiger partial charge in [-0.2, -0.15) is 0 Å². The van der Waals surface area contributed by atoms with Gasteiger partial charge in [0.25, 0.3) is 0 Å². The van der Waals surface area contributed by atoms with Crippen molar-refractivity contribution >= 4 is 52.3 Å². The number of nitrogens with zero attached hydrogens (tertiary/aromatic N) is 5.